The number of ether oxygens (including phenoxy) is 1. The summed E-state index contributed by atoms with van der Waals surface area (Å²) in [6.07, 6.45) is 0.888. The van der Waals surface area contributed by atoms with Gasteiger partial charge in [-0.2, -0.15) is 0 Å². The Labute approximate surface area is 127 Å². The Kier molecular flexibility index (Phi) is 5.40. The van der Waals surface area contributed by atoms with E-state index in [4.69, 9.17) is 16.3 Å². The average Bonchev–Trinajstić information content (AvgIpc) is 2.84. The van der Waals surface area contributed by atoms with E-state index >= 15 is 0 Å². The summed E-state index contributed by atoms with van der Waals surface area (Å²) in [5.41, 5.74) is 0.648. The first-order chi connectivity index (χ1) is 9.60. The Balaban J connectivity index is 1.89. The summed E-state index contributed by atoms with van der Waals surface area (Å²) < 4.78 is 19.7. The molecule has 108 valence electrons. The second-order valence-electron chi connectivity index (χ2n) is 4.52. The predicted molar refractivity (Wildman–Crippen MR) is 82.4 cm³/mol. The Morgan fingerprint density at radius 2 is 2.15 bits per heavy atom. The van der Waals surface area contributed by atoms with E-state index < -0.39 is 0 Å². The number of hydrogen-bond donors (Lipinski definition) is 1. The molecule has 20 heavy (non-hydrogen) atoms. The van der Waals surface area contributed by atoms with E-state index in [-0.39, 0.29) is 11.9 Å². The van der Waals surface area contributed by atoms with Crippen LogP contribution in [0.15, 0.2) is 30.3 Å². The zero-order valence-electron chi connectivity index (χ0n) is 11.5. The quantitative estimate of drug-likeness (QED) is 0.851. The van der Waals surface area contributed by atoms with Crippen molar-refractivity contribution in [1.82, 2.24) is 5.32 Å². The lowest BCUT2D eigenvalue weighted by Crippen LogP contribution is -2.22. The zero-order chi connectivity index (χ0) is 14.5. The minimum absolute atomic E-state index is 0.0451. The monoisotopic (exact) mass is 313 g/mol. The van der Waals surface area contributed by atoms with Crippen molar-refractivity contribution in [2.45, 2.75) is 19.4 Å². The van der Waals surface area contributed by atoms with Gasteiger partial charge in [-0.1, -0.05) is 17.7 Å². The van der Waals surface area contributed by atoms with Gasteiger partial charge in [-0.3, -0.25) is 0 Å². The van der Waals surface area contributed by atoms with Crippen LogP contribution in [0.1, 0.15) is 23.4 Å². The highest BCUT2D eigenvalue weighted by Gasteiger charge is 2.11. The summed E-state index contributed by atoms with van der Waals surface area (Å²) >= 11 is 7.46. The first kappa shape index (κ1) is 15.3. The van der Waals surface area contributed by atoms with E-state index in [1.165, 1.54) is 18.1 Å². The molecule has 5 heteroatoms. The molecule has 0 radical (unpaired) electrons. The highest BCUT2D eigenvalue weighted by Crippen LogP contribution is 2.23. The van der Waals surface area contributed by atoms with E-state index in [2.05, 4.69) is 5.32 Å². The Bertz CT molecular complexity index is 573. The van der Waals surface area contributed by atoms with Gasteiger partial charge in [0.1, 0.15) is 11.6 Å². The largest absolute Gasteiger partial charge is 0.497 e. The first-order valence-electron chi connectivity index (χ1n) is 6.41. The van der Waals surface area contributed by atoms with Gasteiger partial charge in [0, 0.05) is 29.1 Å². The maximum absolute atomic E-state index is 13.9. The molecule has 1 atom stereocenters. The molecule has 1 aromatic carbocycles. The van der Waals surface area contributed by atoms with Gasteiger partial charge >= 0.3 is 0 Å². The topological polar surface area (TPSA) is 21.3 Å². The lowest BCUT2D eigenvalue weighted by Gasteiger charge is -2.15. The minimum atomic E-state index is -0.247. The second-order valence-corrected chi connectivity index (χ2v) is 6.32. The van der Waals surface area contributed by atoms with E-state index in [0.717, 1.165) is 17.3 Å². The van der Waals surface area contributed by atoms with Crippen molar-refractivity contribution in [2.75, 3.05) is 13.7 Å². The van der Waals surface area contributed by atoms with Gasteiger partial charge in [-0.15, -0.1) is 11.3 Å². The van der Waals surface area contributed by atoms with Gasteiger partial charge in [-0.05, 0) is 31.5 Å². The van der Waals surface area contributed by atoms with Crippen LogP contribution in [0.4, 0.5) is 4.39 Å². The number of thiophene rings is 1. The number of nitrogens with one attached hydrogen (secondary N) is 1. The van der Waals surface area contributed by atoms with Gasteiger partial charge in [0.05, 0.1) is 11.4 Å². The Morgan fingerprint density at radius 3 is 2.75 bits per heavy atom. The Morgan fingerprint density at radius 1 is 1.35 bits per heavy atom. The summed E-state index contributed by atoms with van der Waals surface area (Å²) in [5.74, 6) is 0.287. The van der Waals surface area contributed by atoms with Crippen molar-refractivity contribution in [3.63, 3.8) is 0 Å². The molecule has 2 nitrogen and oxygen atoms in total. The molecule has 2 rings (SSSR count). The zero-order valence-corrected chi connectivity index (χ0v) is 13.0. The van der Waals surface area contributed by atoms with Crippen molar-refractivity contribution in [3.05, 3.63) is 50.9 Å². The summed E-state index contributed by atoms with van der Waals surface area (Å²) in [4.78, 5) is 1.23. The van der Waals surface area contributed by atoms with Gasteiger partial charge in [0.15, 0.2) is 0 Å². The molecule has 0 bridgehead atoms. The van der Waals surface area contributed by atoms with Crippen LogP contribution in [0.3, 0.4) is 0 Å². The van der Waals surface area contributed by atoms with Crippen LogP contribution >= 0.6 is 22.9 Å². The number of halogens is 2. The summed E-state index contributed by atoms with van der Waals surface area (Å²) in [5, 5.41) is 3.32. The van der Waals surface area contributed by atoms with Crippen molar-refractivity contribution < 1.29 is 9.13 Å². The molecule has 1 heterocycles. The third-order valence-corrected chi connectivity index (χ3v) is 4.42. The van der Waals surface area contributed by atoms with Crippen LogP contribution in [0.25, 0.3) is 0 Å². The molecule has 0 spiro atoms. The molecule has 0 amide bonds. The number of rotatable bonds is 6. The average molecular weight is 314 g/mol. The fourth-order valence-electron chi connectivity index (χ4n) is 1.99. The molecular formula is C15H17ClFNOS. The van der Waals surface area contributed by atoms with E-state index in [1.807, 2.05) is 19.1 Å². The molecule has 0 saturated heterocycles. The minimum Gasteiger partial charge on any atom is -0.497 e. The van der Waals surface area contributed by atoms with Crippen molar-refractivity contribution in [1.29, 1.82) is 0 Å². The molecule has 0 aliphatic carbocycles. The SMILES string of the molecule is COc1ccc(C(C)NCCc2ccc(Cl)s2)c(F)c1. The van der Waals surface area contributed by atoms with Crippen LogP contribution in [0.2, 0.25) is 4.34 Å². The van der Waals surface area contributed by atoms with Crippen molar-refractivity contribution >= 4 is 22.9 Å². The maximum Gasteiger partial charge on any atom is 0.131 e. The molecule has 1 N–H and O–H groups in total. The predicted octanol–water partition coefficient (Wildman–Crippen LogP) is 4.44. The number of hydrogen-bond acceptors (Lipinski definition) is 3. The molecular weight excluding hydrogens is 297 g/mol. The van der Waals surface area contributed by atoms with Crippen molar-refractivity contribution in [2.24, 2.45) is 0 Å². The molecule has 0 aliphatic heterocycles. The van der Waals surface area contributed by atoms with Crippen LogP contribution in [-0.4, -0.2) is 13.7 Å². The van der Waals surface area contributed by atoms with Crippen LogP contribution in [0.5, 0.6) is 5.75 Å². The van der Waals surface area contributed by atoms with Crippen LogP contribution < -0.4 is 10.1 Å². The molecule has 0 saturated carbocycles. The normalized spacial score (nSPS) is 12.4. The number of benzene rings is 1. The van der Waals surface area contributed by atoms with Gasteiger partial charge in [-0.25, -0.2) is 4.39 Å². The molecule has 0 aliphatic rings. The fourth-order valence-corrected chi connectivity index (χ4v) is 3.08. The van der Waals surface area contributed by atoms with Crippen molar-refractivity contribution in [3.8, 4) is 5.75 Å². The standard InChI is InChI=1S/C15H17ClFNOS/c1-10(13-5-3-11(19-2)9-14(13)17)18-8-7-12-4-6-15(16)20-12/h3-6,9-10,18H,7-8H2,1-2H3. The molecule has 0 fully saturated rings. The van der Waals surface area contributed by atoms with Gasteiger partial charge in [0.2, 0.25) is 0 Å². The highest BCUT2D eigenvalue weighted by molar-refractivity contribution is 7.16. The smallest absolute Gasteiger partial charge is 0.131 e. The maximum atomic E-state index is 13.9. The second kappa shape index (κ2) is 7.07. The van der Waals surface area contributed by atoms with Gasteiger partial charge in [0.25, 0.3) is 0 Å². The van der Waals surface area contributed by atoms with Gasteiger partial charge < -0.3 is 10.1 Å². The van der Waals surface area contributed by atoms with E-state index in [1.54, 1.807) is 23.5 Å². The Hall–Kier alpha value is -1.10. The lowest BCUT2D eigenvalue weighted by molar-refractivity contribution is 0.409. The first-order valence-corrected chi connectivity index (χ1v) is 7.60. The summed E-state index contributed by atoms with van der Waals surface area (Å²) in [6.45, 7) is 2.73. The molecule has 1 aromatic heterocycles. The lowest BCUT2D eigenvalue weighted by atomic mass is 10.1. The molecule has 1 unspecified atom stereocenters. The highest BCUT2D eigenvalue weighted by atomic mass is 35.5. The summed E-state index contributed by atoms with van der Waals surface area (Å²) in [6, 6.07) is 8.81. The van der Waals surface area contributed by atoms with E-state index in [9.17, 15) is 4.39 Å². The van der Waals surface area contributed by atoms with Crippen LogP contribution in [-0.2, 0) is 6.42 Å². The number of methoxy groups -OCH3 is 1. The third kappa shape index (κ3) is 3.95. The molecule has 2 aromatic rings. The van der Waals surface area contributed by atoms with Crippen LogP contribution in [0, 0.1) is 5.82 Å². The summed E-state index contributed by atoms with van der Waals surface area (Å²) in [7, 11) is 1.53. The van der Waals surface area contributed by atoms with E-state index in [0.29, 0.717) is 11.3 Å². The third-order valence-electron chi connectivity index (χ3n) is 3.12. The fraction of sp³-hybridized carbons (Fsp3) is 0.333.